The number of carboxylic acid groups (broad SMARTS) is 1. The summed E-state index contributed by atoms with van der Waals surface area (Å²) in [5.74, 6) is -7.38. The average molecular weight is 361 g/mol. The number of anilines is 1. The summed E-state index contributed by atoms with van der Waals surface area (Å²) in [6, 6.07) is 4.87. The molecular weight excluding hydrogens is 352 g/mol. The van der Waals surface area contributed by atoms with Crippen molar-refractivity contribution in [2.45, 2.75) is 19.3 Å². The number of aryl methyl sites for hydroxylation is 1. The fourth-order valence-electron chi connectivity index (χ4n) is 1.08. The molecule has 0 unspecified atom stereocenters. The number of aromatic carboxylic acids is 1. The molecule has 0 heterocycles. The van der Waals surface area contributed by atoms with Gasteiger partial charge in [0.1, 0.15) is 0 Å². The minimum Gasteiger partial charge on any atom is -0.478 e. The highest BCUT2D eigenvalue weighted by atomic mass is 19.4. The molecule has 1 aromatic rings. The van der Waals surface area contributed by atoms with E-state index >= 15 is 0 Å². The first-order valence-electron chi connectivity index (χ1n) is 5.65. The lowest BCUT2D eigenvalue weighted by Crippen LogP contribution is -2.34. The van der Waals surface area contributed by atoms with Gasteiger partial charge in [-0.1, -0.05) is 6.07 Å². The number of alkyl halides is 6. The van der Waals surface area contributed by atoms with Crippen molar-refractivity contribution >= 4 is 23.6 Å². The van der Waals surface area contributed by atoms with Crippen LogP contribution in [0.3, 0.4) is 0 Å². The second-order valence-corrected chi connectivity index (χ2v) is 4.07. The van der Waals surface area contributed by atoms with Crippen LogP contribution < -0.4 is 5.73 Å². The van der Waals surface area contributed by atoms with E-state index in [1.807, 2.05) is 6.92 Å². The van der Waals surface area contributed by atoms with Crippen molar-refractivity contribution < 1.29 is 50.6 Å². The molecule has 0 radical (unpaired) electrons. The van der Waals surface area contributed by atoms with E-state index in [0.717, 1.165) is 5.56 Å². The number of nitrogens with two attached hydrogens (primary N) is 1. The number of carbonyl (C=O) groups is 3. The summed E-state index contributed by atoms with van der Waals surface area (Å²) >= 11 is 0. The number of esters is 2. The van der Waals surface area contributed by atoms with Crippen molar-refractivity contribution in [1.29, 1.82) is 0 Å². The molecule has 6 nitrogen and oxygen atoms in total. The van der Waals surface area contributed by atoms with Crippen molar-refractivity contribution in [3.8, 4) is 0 Å². The van der Waals surface area contributed by atoms with E-state index in [2.05, 4.69) is 4.74 Å². The molecule has 0 spiro atoms. The lowest BCUT2D eigenvalue weighted by atomic mass is 10.1. The molecule has 0 amide bonds. The Morgan fingerprint density at radius 1 is 1.00 bits per heavy atom. The third-order valence-corrected chi connectivity index (χ3v) is 2.09. The van der Waals surface area contributed by atoms with Gasteiger partial charge in [0, 0.05) is 5.69 Å². The first-order valence-corrected chi connectivity index (χ1v) is 5.65. The molecule has 0 aliphatic heterocycles. The van der Waals surface area contributed by atoms with E-state index in [-0.39, 0.29) is 5.56 Å². The molecule has 0 aromatic heterocycles. The number of ether oxygens (including phenoxy) is 1. The number of carboxylic acids is 1. The zero-order chi connectivity index (χ0) is 19.3. The quantitative estimate of drug-likeness (QED) is 0.344. The van der Waals surface area contributed by atoms with Crippen molar-refractivity contribution in [2.24, 2.45) is 0 Å². The Morgan fingerprint density at radius 2 is 1.42 bits per heavy atom. The summed E-state index contributed by atoms with van der Waals surface area (Å²) in [6.07, 6.45) is -11.2. The van der Waals surface area contributed by atoms with Gasteiger partial charge < -0.3 is 15.6 Å². The van der Waals surface area contributed by atoms with Crippen molar-refractivity contribution in [3.63, 3.8) is 0 Å². The number of hydrogen-bond donors (Lipinski definition) is 2. The zero-order valence-corrected chi connectivity index (χ0v) is 11.7. The summed E-state index contributed by atoms with van der Waals surface area (Å²) in [6.45, 7) is 1.86. The van der Waals surface area contributed by atoms with E-state index < -0.39 is 30.3 Å². The van der Waals surface area contributed by atoms with Gasteiger partial charge in [-0.25, -0.2) is 14.4 Å². The Balaban J connectivity index is 0.000000446. The molecule has 1 aromatic carbocycles. The molecule has 1 rings (SSSR count). The van der Waals surface area contributed by atoms with Crippen molar-refractivity contribution in [2.75, 3.05) is 5.73 Å². The van der Waals surface area contributed by atoms with Gasteiger partial charge in [-0.05, 0) is 24.6 Å². The van der Waals surface area contributed by atoms with E-state index in [9.17, 15) is 40.7 Å². The Kier molecular flexibility index (Phi) is 6.77. The van der Waals surface area contributed by atoms with Crippen LogP contribution in [0.2, 0.25) is 0 Å². The van der Waals surface area contributed by atoms with Gasteiger partial charge in [0.15, 0.2) is 0 Å². The van der Waals surface area contributed by atoms with Crippen LogP contribution in [0.25, 0.3) is 0 Å². The average Bonchev–Trinajstić information content (AvgIpc) is 2.36. The molecule has 134 valence electrons. The van der Waals surface area contributed by atoms with Crippen molar-refractivity contribution in [3.05, 3.63) is 29.3 Å². The second-order valence-electron chi connectivity index (χ2n) is 4.07. The number of nitrogen functional groups attached to an aromatic ring is 1. The van der Waals surface area contributed by atoms with E-state index in [1.165, 1.54) is 6.07 Å². The molecule has 0 saturated heterocycles. The third kappa shape index (κ3) is 6.98. The Hall–Kier alpha value is -2.79. The predicted molar refractivity (Wildman–Crippen MR) is 65.8 cm³/mol. The van der Waals surface area contributed by atoms with Crippen LogP contribution in [-0.2, 0) is 14.3 Å². The zero-order valence-electron chi connectivity index (χ0n) is 11.7. The van der Waals surface area contributed by atoms with E-state index in [0.29, 0.717) is 5.69 Å². The Bertz CT molecular complexity index is 614. The standard InChI is InChI=1S/C8H9NO2.C4F6O3/c1-5-2-3-6(8(10)11)7(9)4-5;5-3(6,7)1(11)13-2(12)4(8,9)10/h2-4H,9H2,1H3,(H,10,11);. The normalized spacial score (nSPS) is 11.1. The number of benzene rings is 1. The maximum atomic E-state index is 11.2. The minimum absolute atomic E-state index is 0.163. The summed E-state index contributed by atoms with van der Waals surface area (Å²) in [5, 5.41) is 8.58. The second kappa shape index (κ2) is 7.66. The molecule has 0 bridgehead atoms. The fourth-order valence-corrected chi connectivity index (χ4v) is 1.08. The van der Waals surface area contributed by atoms with E-state index in [1.54, 1.807) is 12.1 Å². The first-order chi connectivity index (χ1) is 10.7. The molecular formula is C12H9F6NO5. The highest BCUT2D eigenvalue weighted by Gasteiger charge is 2.49. The minimum atomic E-state index is -5.62. The van der Waals surface area contributed by atoms with Crippen LogP contribution in [0, 0.1) is 6.92 Å². The maximum absolute atomic E-state index is 11.2. The van der Waals surface area contributed by atoms with Gasteiger partial charge in [-0.15, -0.1) is 0 Å². The molecule has 0 atom stereocenters. The third-order valence-electron chi connectivity index (χ3n) is 2.09. The van der Waals surface area contributed by atoms with E-state index in [4.69, 9.17) is 10.8 Å². The highest BCUT2D eigenvalue weighted by Crippen LogP contribution is 2.21. The van der Waals surface area contributed by atoms with Crippen LogP contribution in [0.4, 0.5) is 32.0 Å². The fraction of sp³-hybridized carbons (Fsp3) is 0.250. The summed E-state index contributed by atoms with van der Waals surface area (Å²) in [4.78, 5) is 29.8. The van der Waals surface area contributed by atoms with Gasteiger partial charge in [0.05, 0.1) is 5.56 Å². The molecule has 24 heavy (non-hydrogen) atoms. The van der Waals surface area contributed by atoms with Crippen LogP contribution >= 0.6 is 0 Å². The molecule has 0 aliphatic rings. The monoisotopic (exact) mass is 361 g/mol. The summed E-state index contributed by atoms with van der Waals surface area (Å²) in [5.41, 5.74) is 6.89. The van der Waals surface area contributed by atoms with Gasteiger partial charge >= 0.3 is 30.3 Å². The Labute approximate surface area is 129 Å². The molecule has 3 N–H and O–H groups in total. The van der Waals surface area contributed by atoms with Crippen molar-refractivity contribution in [1.82, 2.24) is 0 Å². The SMILES string of the molecule is Cc1ccc(C(=O)O)c(N)c1.O=C(OC(=O)C(F)(F)F)C(F)(F)F. The maximum Gasteiger partial charge on any atom is 0.491 e. The topological polar surface area (TPSA) is 107 Å². The molecule has 0 saturated carbocycles. The largest absolute Gasteiger partial charge is 0.491 e. The predicted octanol–water partition coefficient (Wildman–Crippen LogP) is 2.46. The number of halogens is 6. The Morgan fingerprint density at radius 3 is 1.71 bits per heavy atom. The molecule has 0 fully saturated rings. The molecule has 12 heteroatoms. The van der Waals surface area contributed by atoms with Gasteiger partial charge in [-0.3, -0.25) is 0 Å². The highest BCUT2D eigenvalue weighted by molar-refractivity contribution is 5.93. The summed E-state index contributed by atoms with van der Waals surface area (Å²) in [7, 11) is 0. The van der Waals surface area contributed by atoms with Crippen LogP contribution in [0.1, 0.15) is 15.9 Å². The first kappa shape index (κ1) is 21.2. The van der Waals surface area contributed by atoms with Crippen LogP contribution in [0.15, 0.2) is 18.2 Å². The van der Waals surface area contributed by atoms with Crippen LogP contribution in [0.5, 0.6) is 0 Å². The molecule has 0 aliphatic carbocycles. The van der Waals surface area contributed by atoms with Gasteiger partial charge in [-0.2, -0.15) is 26.3 Å². The number of carbonyl (C=O) groups excluding carboxylic acids is 2. The number of rotatable bonds is 1. The number of hydrogen-bond acceptors (Lipinski definition) is 5. The lowest BCUT2D eigenvalue weighted by molar-refractivity contribution is -0.221. The van der Waals surface area contributed by atoms with Crippen LogP contribution in [-0.4, -0.2) is 35.4 Å². The smallest absolute Gasteiger partial charge is 0.478 e. The van der Waals surface area contributed by atoms with Gasteiger partial charge in [0.25, 0.3) is 0 Å². The summed E-state index contributed by atoms with van der Waals surface area (Å²) < 4.78 is 69.7. The van der Waals surface area contributed by atoms with Gasteiger partial charge in [0.2, 0.25) is 0 Å². The lowest BCUT2D eigenvalue weighted by Gasteiger charge is -2.06.